The standard InChI is InChI=1S/C22H27N7O3/c1-12-16(4-6-20(23)26-12)11-25-21(30)13(2)27-22(31)19-9-15(10-24-19)7-14-3-5-17-18(8-14)29-32-28-17/h3-6,8,13,15,19,24H,7,9-11H2,1-2H3,(H2,23,26)(H,25,30)(H,27,31)/t13-,15-,19+/m0/s1. The molecule has 0 unspecified atom stereocenters. The van der Waals surface area contributed by atoms with Crippen LogP contribution in [0.2, 0.25) is 0 Å². The third-order valence-electron chi connectivity index (χ3n) is 5.80. The van der Waals surface area contributed by atoms with Crippen LogP contribution in [0.5, 0.6) is 0 Å². The molecule has 1 saturated heterocycles. The van der Waals surface area contributed by atoms with E-state index in [1.165, 1.54) is 0 Å². The number of fused-ring (bicyclic) bond motifs is 1. The third-order valence-corrected chi connectivity index (χ3v) is 5.80. The van der Waals surface area contributed by atoms with Crippen LogP contribution in [0.3, 0.4) is 0 Å². The van der Waals surface area contributed by atoms with Gasteiger partial charge in [0, 0.05) is 12.2 Å². The van der Waals surface area contributed by atoms with Gasteiger partial charge < -0.3 is 21.7 Å². The van der Waals surface area contributed by atoms with E-state index in [0.717, 1.165) is 40.8 Å². The van der Waals surface area contributed by atoms with Crippen LogP contribution in [0.15, 0.2) is 35.0 Å². The lowest BCUT2D eigenvalue weighted by atomic mass is 9.96. The Labute approximate surface area is 185 Å². The average molecular weight is 438 g/mol. The first kappa shape index (κ1) is 21.7. The molecule has 10 heteroatoms. The molecular formula is C22H27N7O3. The van der Waals surface area contributed by atoms with Gasteiger partial charge in [0.05, 0.1) is 6.04 Å². The van der Waals surface area contributed by atoms with Crippen molar-refractivity contribution in [2.24, 2.45) is 5.92 Å². The number of rotatable bonds is 7. The molecule has 0 bridgehead atoms. The monoisotopic (exact) mass is 437 g/mol. The predicted octanol–water partition coefficient (Wildman–Crippen LogP) is 0.850. The molecule has 0 spiro atoms. The van der Waals surface area contributed by atoms with Gasteiger partial charge in [0.2, 0.25) is 11.8 Å². The molecule has 1 aromatic carbocycles. The Kier molecular flexibility index (Phi) is 6.31. The van der Waals surface area contributed by atoms with Gasteiger partial charge in [-0.3, -0.25) is 9.59 Å². The van der Waals surface area contributed by atoms with Crippen LogP contribution in [-0.4, -0.2) is 45.7 Å². The molecule has 3 aromatic rings. The van der Waals surface area contributed by atoms with Crippen molar-refractivity contribution in [2.75, 3.05) is 12.3 Å². The largest absolute Gasteiger partial charge is 0.384 e. The smallest absolute Gasteiger partial charge is 0.242 e. The van der Waals surface area contributed by atoms with Crippen LogP contribution in [0.4, 0.5) is 5.82 Å². The lowest BCUT2D eigenvalue weighted by Crippen LogP contribution is -2.50. The van der Waals surface area contributed by atoms with Gasteiger partial charge in [-0.1, -0.05) is 12.1 Å². The van der Waals surface area contributed by atoms with E-state index in [0.29, 0.717) is 24.7 Å². The van der Waals surface area contributed by atoms with Crippen LogP contribution in [0.1, 0.15) is 30.2 Å². The summed E-state index contributed by atoms with van der Waals surface area (Å²) >= 11 is 0. The number of aryl methyl sites for hydroxylation is 1. The fourth-order valence-electron chi connectivity index (χ4n) is 3.96. The molecule has 10 nitrogen and oxygen atoms in total. The van der Waals surface area contributed by atoms with E-state index in [2.05, 4.69) is 31.2 Å². The van der Waals surface area contributed by atoms with Gasteiger partial charge in [-0.15, -0.1) is 0 Å². The van der Waals surface area contributed by atoms with Gasteiger partial charge in [-0.25, -0.2) is 9.61 Å². The molecule has 3 heterocycles. The Morgan fingerprint density at radius 1 is 1.25 bits per heavy atom. The van der Waals surface area contributed by atoms with Crippen molar-refractivity contribution in [2.45, 2.75) is 45.3 Å². The van der Waals surface area contributed by atoms with Gasteiger partial charge in [-0.05, 0) is 78.8 Å². The number of anilines is 1. The molecule has 1 fully saturated rings. The summed E-state index contributed by atoms with van der Waals surface area (Å²) < 4.78 is 4.74. The zero-order valence-electron chi connectivity index (χ0n) is 18.1. The summed E-state index contributed by atoms with van der Waals surface area (Å²) in [5.41, 5.74) is 9.88. The molecule has 0 saturated carbocycles. The predicted molar refractivity (Wildman–Crippen MR) is 118 cm³/mol. The number of hydrogen-bond donors (Lipinski definition) is 4. The second-order valence-corrected chi connectivity index (χ2v) is 8.28. The van der Waals surface area contributed by atoms with E-state index in [-0.39, 0.29) is 17.9 Å². The number of nitrogen functional groups attached to an aromatic ring is 1. The van der Waals surface area contributed by atoms with Crippen LogP contribution >= 0.6 is 0 Å². The van der Waals surface area contributed by atoms with E-state index >= 15 is 0 Å². The highest BCUT2D eigenvalue weighted by Gasteiger charge is 2.31. The van der Waals surface area contributed by atoms with Gasteiger partial charge in [-0.2, -0.15) is 0 Å². The number of pyridine rings is 1. The average Bonchev–Trinajstić information content (AvgIpc) is 3.42. The Bertz CT molecular complexity index is 1130. The Balaban J connectivity index is 1.24. The number of nitrogens with one attached hydrogen (secondary N) is 3. The van der Waals surface area contributed by atoms with E-state index in [9.17, 15) is 9.59 Å². The first-order valence-corrected chi connectivity index (χ1v) is 10.6. The highest BCUT2D eigenvalue weighted by atomic mass is 16.6. The number of nitrogens with zero attached hydrogens (tertiary/aromatic N) is 3. The molecule has 4 rings (SSSR count). The summed E-state index contributed by atoms with van der Waals surface area (Å²) in [7, 11) is 0. The summed E-state index contributed by atoms with van der Waals surface area (Å²) in [6.45, 7) is 4.57. The van der Waals surface area contributed by atoms with Crippen LogP contribution in [0, 0.1) is 12.8 Å². The summed E-state index contributed by atoms with van der Waals surface area (Å²) in [5, 5.41) is 16.6. The fourth-order valence-corrected chi connectivity index (χ4v) is 3.96. The summed E-state index contributed by atoms with van der Waals surface area (Å²) in [5.74, 6) is 0.333. The van der Waals surface area contributed by atoms with Crippen LogP contribution in [-0.2, 0) is 22.6 Å². The van der Waals surface area contributed by atoms with E-state index in [1.807, 2.05) is 31.2 Å². The number of aromatic nitrogens is 3. The third kappa shape index (κ3) is 5.02. The van der Waals surface area contributed by atoms with E-state index in [4.69, 9.17) is 10.4 Å². The Hall–Kier alpha value is -3.53. The van der Waals surface area contributed by atoms with Crippen molar-refractivity contribution in [3.8, 4) is 0 Å². The molecule has 2 aromatic heterocycles. The normalized spacial score (nSPS) is 19.1. The van der Waals surface area contributed by atoms with Crippen molar-refractivity contribution in [3.63, 3.8) is 0 Å². The zero-order valence-corrected chi connectivity index (χ0v) is 18.1. The van der Waals surface area contributed by atoms with E-state index in [1.54, 1.807) is 13.0 Å². The topological polar surface area (TPSA) is 148 Å². The quantitative estimate of drug-likeness (QED) is 0.425. The van der Waals surface area contributed by atoms with Gasteiger partial charge in [0.1, 0.15) is 22.9 Å². The van der Waals surface area contributed by atoms with Crippen molar-refractivity contribution in [1.82, 2.24) is 31.2 Å². The Morgan fingerprint density at radius 2 is 2.06 bits per heavy atom. The number of amides is 2. The van der Waals surface area contributed by atoms with Crippen molar-refractivity contribution >= 4 is 28.7 Å². The van der Waals surface area contributed by atoms with Gasteiger partial charge >= 0.3 is 0 Å². The molecule has 0 radical (unpaired) electrons. The zero-order chi connectivity index (χ0) is 22.7. The second kappa shape index (κ2) is 9.31. The molecule has 1 aliphatic heterocycles. The minimum Gasteiger partial charge on any atom is -0.384 e. The number of hydrogen-bond acceptors (Lipinski definition) is 8. The molecule has 3 atom stereocenters. The fraction of sp³-hybridized carbons (Fsp3) is 0.409. The van der Waals surface area contributed by atoms with Crippen molar-refractivity contribution in [3.05, 3.63) is 47.2 Å². The maximum Gasteiger partial charge on any atom is 0.242 e. The summed E-state index contributed by atoms with van der Waals surface area (Å²) in [6, 6.07) is 8.41. The maximum atomic E-state index is 12.7. The molecule has 168 valence electrons. The van der Waals surface area contributed by atoms with Gasteiger partial charge in [0.15, 0.2) is 0 Å². The molecule has 1 aliphatic rings. The molecular weight excluding hydrogens is 410 g/mol. The highest BCUT2D eigenvalue weighted by molar-refractivity contribution is 5.89. The molecule has 2 amide bonds. The first-order valence-electron chi connectivity index (χ1n) is 10.6. The minimum atomic E-state index is -0.646. The van der Waals surface area contributed by atoms with Gasteiger partial charge in [0.25, 0.3) is 0 Å². The number of benzene rings is 1. The number of carbonyl (C=O) groups is 2. The minimum absolute atomic E-state index is 0.170. The Morgan fingerprint density at radius 3 is 2.88 bits per heavy atom. The number of nitrogens with two attached hydrogens (primary N) is 1. The lowest BCUT2D eigenvalue weighted by Gasteiger charge is -2.17. The maximum absolute atomic E-state index is 12.7. The lowest BCUT2D eigenvalue weighted by molar-refractivity contribution is -0.129. The SMILES string of the molecule is Cc1nc(N)ccc1CNC(=O)[C@H](C)NC(=O)[C@H]1C[C@H](Cc2ccc3nonc3c2)CN1. The second-order valence-electron chi connectivity index (χ2n) is 8.28. The molecule has 32 heavy (non-hydrogen) atoms. The van der Waals surface area contributed by atoms with Crippen molar-refractivity contribution < 1.29 is 14.2 Å². The summed E-state index contributed by atoms with van der Waals surface area (Å²) in [4.78, 5) is 29.3. The molecule has 0 aliphatic carbocycles. The summed E-state index contributed by atoms with van der Waals surface area (Å²) in [6.07, 6.45) is 1.52. The number of carbonyl (C=O) groups excluding carboxylic acids is 2. The van der Waals surface area contributed by atoms with Crippen LogP contribution in [0.25, 0.3) is 11.0 Å². The highest BCUT2D eigenvalue weighted by Crippen LogP contribution is 2.21. The van der Waals surface area contributed by atoms with Crippen molar-refractivity contribution in [1.29, 1.82) is 0 Å². The molecule has 5 N–H and O–H groups in total. The first-order chi connectivity index (χ1) is 15.4. The van der Waals surface area contributed by atoms with E-state index < -0.39 is 6.04 Å². The van der Waals surface area contributed by atoms with Crippen LogP contribution < -0.4 is 21.7 Å².